The first kappa shape index (κ1) is 24.9. The molecule has 0 saturated carbocycles. The number of benzene rings is 2. The first-order valence-electron chi connectivity index (χ1n) is 9.63. The fourth-order valence-electron chi connectivity index (χ4n) is 3.21. The lowest BCUT2D eigenvalue weighted by Crippen LogP contribution is -2.48. The Balaban J connectivity index is 0.000000383. The van der Waals surface area contributed by atoms with Gasteiger partial charge < -0.3 is 10.0 Å². The van der Waals surface area contributed by atoms with Gasteiger partial charge in [0.15, 0.2) is 0 Å². The molecule has 2 aromatic carbocycles. The molecule has 7 nitrogen and oxygen atoms in total. The molecule has 2 heterocycles. The van der Waals surface area contributed by atoms with Crippen molar-refractivity contribution in [1.29, 1.82) is 0 Å². The minimum Gasteiger partial charge on any atom is -0.475 e. The van der Waals surface area contributed by atoms with Crippen LogP contribution in [0.2, 0.25) is 0 Å². The number of aromatic nitrogens is 1. The molecule has 1 aliphatic heterocycles. The van der Waals surface area contributed by atoms with Crippen LogP contribution in [-0.2, 0) is 14.8 Å². The van der Waals surface area contributed by atoms with E-state index in [2.05, 4.69) is 44.0 Å². The summed E-state index contributed by atoms with van der Waals surface area (Å²) in [5, 5.41) is 9.37. The van der Waals surface area contributed by atoms with E-state index >= 15 is 0 Å². The molecule has 0 atom stereocenters. The van der Waals surface area contributed by atoms with Gasteiger partial charge in [-0.05, 0) is 47.9 Å². The van der Waals surface area contributed by atoms with E-state index in [1.807, 2.05) is 12.3 Å². The molecule has 1 fully saturated rings. The molecule has 176 valence electrons. The number of carbonyl (C=O) groups is 1. The number of nitrogens with zero attached hydrogens (tertiary/aromatic N) is 3. The summed E-state index contributed by atoms with van der Waals surface area (Å²) < 4.78 is 59.8. The molecule has 0 bridgehead atoms. The molecule has 0 radical (unpaired) electrons. The molecule has 4 rings (SSSR count). The van der Waals surface area contributed by atoms with Gasteiger partial charge in [0.2, 0.25) is 10.0 Å². The van der Waals surface area contributed by atoms with Crippen molar-refractivity contribution in [2.45, 2.75) is 11.1 Å². The van der Waals surface area contributed by atoms with Crippen molar-refractivity contribution < 1.29 is 31.5 Å². The maximum Gasteiger partial charge on any atom is 0.490 e. The number of halogens is 4. The van der Waals surface area contributed by atoms with Gasteiger partial charge >= 0.3 is 12.1 Å². The number of piperazine rings is 1. The highest BCUT2D eigenvalue weighted by Gasteiger charge is 2.38. The highest BCUT2D eigenvalue weighted by molar-refractivity contribution is 9.10. The summed E-state index contributed by atoms with van der Waals surface area (Å²) in [7, 11) is -3.44. The molecule has 3 aromatic rings. The van der Waals surface area contributed by atoms with Crippen LogP contribution < -0.4 is 4.90 Å². The standard InChI is InChI=1S/C19H18BrN3O2S.C2HF3O2/c20-17-2-5-19(6-3-17)26(24,25)23-11-9-22(10-12-23)18-4-1-16-14-21-8-7-15(16)13-18;3-2(4,5)1(6)7/h1-8,13-14H,9-12H2;(H,6,7). The van der Waals surface area contributed by atoms with Gasteiger partial charge in [0.25, 0.3) is 0 Å². The zero-order valence-electron chi connectivity index (χ0n) is 17.0. The number of carboxylic acid groups (broad SMARTS) is 1. The average molecular weight is 546 g/mol. The van der Waals surface area contributed by atoms with Crippen molar-refractivity contribution in [2.75, 3.05) is 31.1 Å². The second-order valence-electron chi connectivity index (χ2n) is 7.06. The highest BCUT2D eigenvalue weighted by atomic mass is 79.9. The Kier molecular flexibility index (Phi) is 7.60. The summed E-state index contributed by atoms with van der Waals surface area (Å²) in [5.74, 6) is -2.76. The minimum atomic E-state index is -5.08. The molecule has 1 aromatic heterocycles. The maximum atomic E-state index is 12.8. The zero-order valence-corrected chi connectivity index (χ0v) is 19.4. The van der Waals surface area contributed by atoms with E-state index in [0.717, 1.165) is 20.9 Å². The second kappa shape index (κ2) is 10.1. The minimum absolute atomic E-state index is 0.340. The van der Waals surface area contributed by atoms with Crippen LogP contribution in [0.4, 0.5) is 18.9 Å². The molecular formula is C21H19BrF3N3O4S. The van der Waals surface area contributed by atoms with Crippen molar-refractivity contribution in [3.63, 3.8) is 0 Å². The zero-order chi connectivity index (χ0) is 24.2. The Morgan fingerprint density at radius 1 is 0.970 bits per heavy atom. The summed E-state index contributed by atoms with van der Waals surface area (Å²) in [6.07, 6.45) is -1.45. The van der Waals surface area contributed by atoms with Crippen molar-refractivity contribution in [1.82, 2.24) is 9.29 Å². The maximum absolute atomic E-state index is 12.8. The number of hydrogen-bond donors (Lipinski definition) is 1. The van der Waals surface area contributed by atoms with Crippen LogP contribution in [0.15, 0.2) is 70.3 Å². The van der Waals surface area contributed by atoms with Crippen LogP contribution in [0.25, 0.3) is 10.8 Å². The van der Waals surface area contributed by atoms with Gasteiger partial charge in [0.1, 0.15) is 0 Å². The van der Waals surface area contributed by atoms with Crippen molar-refractivity contribution in [2.24, 2.45) is 0 Å². The van der Waals surface area contributed by atoms with Crippen LogP contribution >= 0.6 is 15.9 Å². The predicted octanol–water partition coefficient (Wildman–Crippen LogP) is 4.14. The van der Waals surface area contributed by atoms with Crippen LogP contribution in [0.3, 0.4) is 0 Å². The Hall–Kier alpha value is -2.70. The molecule has 0 aliphatic carbocycles. The summed E-state index contributed by atoms with van der Waals surface area (Å²) in [5.41, 5.74) is 1.12. The number of pyridine rings is 1. The quantitative estimate of drug-likeness (QED) is 0.531. The van der Waals surface area contributed by atoms with Crippen molar-refractivity contribution in [3.05, 3.63) is 65.4 Å². The Bertz CT molecular complexity index is 1230. The van der Waals surface area contributed by atoms with Gasteiger partial charge in [-0.2, -0.15) is 17.5 Å². The van der Waals surface area contributed by atoms with Crippen LogP contribution in [0, 0.1) is 0 Å². The number of hydrogen-bond acceptors (Lipinski definition) is 5. The first-order valence-corrected chi connectivity index (χ1v) is 11.9. The molecule has 12 heteroatoms. The fourth-order valence-corrected chi connectivity index (χ4v) is 4.90. The summed E-state index contributed by atoms with van der Waals surface area (Å²) in [6, 6.07) is 15.1. The third kappa shape index (κ3) is 6.21. The van der Waals surface area contributed by atoms with Gasteiger partial charge in [-0.3, -0.25) is 4.98 Å². The van der Waals surface area contributed by atoms with Gasteiger partial charge in [0.05, 0.1) is 4.90 Å². The number of sulfonamides is 1. The highest BCUT2D eigenvalue weighted by Crippen LogP contribution is 2.25. The molecule has 0 unspecified atom stereocenters. The number of fused-ring (bicyclic) bond motifs is 1. The Morgan fingerprint density at radius 3 is 2.15 bits per heavy atom. The van der Waals surface area contributed by atoms with E-state index in [4.69, 9.17) is 9.90 Å². The first-order chi connectivity index (χ1) is 15.5. The SMILES string of the molecule is O=C(O)C(F)(F)F.O=S(=O)(c1ccc(Br)cc1)N1CCN(c2ccc3cnccc3c2)CC1. The molecule has 0 amide bonds. The number of carboxylic acids is 1. The number of rotatable bonds is 3. The topological polar surface area (TPSA) is 90.8 Å². The molecule has 1 saturated heterocycles. The molecule has 33 heavy (non-hydrogen) atoms. The lowest BCUT2D eigenvalue weighted by Gasteiger charge is -2.35. The van der Waals surface area contributed by atoms with Crippen molar-refractivity contribution in [3.8, 4) is 0 Å². The third-order valence-electron chi connectivity index (χ3n) is 4.92. The van der Waals surface area contributed by atoms with E-state index < -0.39 is 22.2 Å². The van der Waals surface area contributed by atoms with Gasteiger partial charge in [0, 0.05) is 54.1 Å². The largest absolute Gasteiger partial charge is 0.490 e. The fraction of sp³-hybridized carbons (Fsp3) is 0.238. The van der Waals surface area contributed by atoms with Crippen LogP contribution in [0.1, 0.15) is 0 Å². The lowest BCUT2D eigenvalue weighted by atomic mass is 10.1. The molecule has 0 spiro atoms. The third-order valence-corrected chi connectivity index (χ3v) is 7.36. The summed E-state index contributed by atoms with van der Waals surface area (Å²) >= 11 is 3.34. The van der Waals surface area contributed by atoms with E-state index in [1.165, 1.54) is 0 Å². The average Bonchev–Trinajstić information content (AvgIpc) is 2.79. The molecule has 1 aliphatic rings. The van der Waals surface area contributed by atoms with E-state index in [0.29, 0.717) is 31.1 Å². The number of anilines is 1. The van der Waals surface area contributed by atoms with E-state index in [1.54, 1.807) is 34.8 Å². The predicted molar refractivity (Wildman–Crippen MR) is 121 cm³/mol. The summed E-state index contributed by atoms with van der Waals surface area (Å²) in [6.45, 7) is 2.30. The second-order valence-corrected chi connectivity index (χ2v) is 9.91. The van der Waals surface area contributed by atoms with Gasteiger partial charge in [-0.15, -0.1) is 0 Å². The molecule has 1 N–H and O–H groups in total. The van der Waals surface area contributed by atoms with Crippen LogP contribution in [-0.4, -0.2) is 61.1 Å². The van der Waals surface area contributed by atoms with E-state index in [9.17, 15) is 21.6 Å². The number of aliphatic carboxylic acids is 1. The smallest absolute Gasteiger partial charge is 0.475 e. The van der Waals surface area contributed by atoms with Gasteiger partial charge in [-0.25, -0.2) is 13.2 Å². The van der Waals surface area contributed by atoms with Crippen molar-refractivity contribution >= 4 is 48.4 Å². The summed E-state index contributed by atoms with van der Waals surface area (Å²) in [4.78, 5) is 15.6. The molecular weight excluding hydrogens is 527 g/mol. The van der Waals surface area contributed by atoms with Gasteiger partial charge in [-0.1, -0.05) is 22.0 Å². The monoisotopic (exact) mass is 545 g/mol. The Morgan fingerprint density at radius 2 is 1.58 bits per heavy atom. The Labute approximate surface area is 196 Å². The normalized spacial score (nSPS) is 15.1. The lowest BCUT2D eigenvalue weighted by molar-refractivity contribution is -0.192. The van der Waals surface area contributed by atoms with E-state index in [-0.39, 0.29) is 0 Å². The van der Waals surface area contributed by atoms with Crippen LogP contribution in [0.5, 0.6) is 0 Å². The number of alkyl halides is 3.